The van der Waals surface area contributed by atoms with Crippen LogP contribution in [0.25, 0.3) is 0 Å². The van der Waals surface area contributed by atoms with Gasteiger partial charge in [-0.3, -0.25) is 5.32 Å². The van der Waals surface area contributed by atoms with E-state index in [1.807, 2.05) is 33.2 Å². The second-order valence-corrected chi connectivity index (χ2v) is 4.55. The largest absolute Gasteiger partial charge is 0.325 e. The van der Waals surface area contributed by atoms with Gasteiger partial charge in [-0.05, 0) is 27.8 Å². The van der Waals surface area contributed by atoms with E-state index in [4.69, 9.17) is 0 Å². The molecule has 1 unspecified atom stereocenters. The van der Waals surface area contributed by atoms with Crippen molar-refractivity contribution in [3.63, 3.8) is 0 Å². The maximum Gasteiger partial charge on any atom is 0.323 e. The average molecular weight is 256 g/mol. The first-order valence-corrected chi connectivity index (χ1v) is 6.68. The zero-order valence-corrected chi connectivity index (χ0v) is 11.6. The number of carbonyl (C=O) groups excluding carboxylic acids is 1. The van der Waals surface area contributed by atoms with Crippen LogP contribution >= 0.6 is 11.3 Å². The quantitative estimate of drug-likeness (QED) is 0.850. The van der Waals surface area contributed by atoms with E-state index in [9.17, 15) is 4.79 Å². The summed E-state index contributed by atoms with van der Waals surface area (Å²) in [5, 5.41) is 8.53. The Morgan fingerprint density at radius 1 is 1.53 bits per heavy atom. The molecule has 1 aromatic heterocycles. The molecule has 5 nitrogen and oxygen atoms in total. The highest BCUT2D eigenvalue weighted by atomic mass is 32.1. The van der Waals surface area contributed by atoms with Crippen LogP contribution in [-0.2, 0) is 0 Å². The van der Waals surface area contributed by atoms with Crippen molar-refractivity contribution in [2.45, 2.75) is 26.8 Å². The fraction of sp³-hybridized carbons (Fsp3) is 0.636. The molecule has 0 aliphatic carbocycles. The minimum atomic E-state index is -0.0898. The lowest BCUT2D eigenvalue weighted by molar-refractivity contribution is 0.217. The Hall–Kier alpha value is -1.14. The molecule has 1 rings (SSSR count). The summed E-state index contributed by atoms with van der Waals surface area (Å²) in [5.74, 6) is 0. The maximum atomic E-state index is 11.8. The van der Waals surface area contributed by atoms with Crippen LogP contribution < -0.4 is 10.6 Å². The van der Waals surface area contributed by atoms with Crippen LogP contribution in [0.15, 0.2) is 5.38 Å². The Kier molecular flexibility index (Phi) is 5.37. The number of hydrogen-bond acceptors (Lipinski definition) is 4. The third-order valence-corrected chi connectivity index (χ3v) is 3.44. The number of nitrogens with one attached hydrogen (secondary N) is 2. The van der Waals surface area contributed by atoms with Gasteiger partial charge in [-0.25, -0.2) is 9.78 Å². The second-order valence-electron chi connectivity index (χ2n) is 3.69. The number of aromatic nitrogens is 1. The highest BCUT2D eigenvalue weighted by molar-refractivity contribution is 7.13. The van der Waals surface area contributed by atoms with Crippen LogP contribution in [-0.4, -0.2) is 36.1 Å². The summed E-state index contributed by atoms with van der Waals surface area (Å²) in [6.45, 7) is 7.35. The van der Waals surface area contributed by atoms with Gasteiger partial charge in [0.1, 0.15) is 0 Å². The van der Waals surface area contributed by atoms with Crippen molar-refractivity contribution in [1.82, 2.24) is 15.2 Å². The molecule has 0 fully saturated rings. The number of hydrogen-bond donors (Lipinski definition) is 2. The van der Waals surface area contributed by atoms with Gasteiger partial charge >= 0.3 is 6.03 Å². The lowest BCUT2D eigenvalue weighted by Crippen LogP contribution is -2.34. The van der Waals surface area contributed by atoms with Gasteiger partial charge in [-0.15, -0.1) is 11.3 Å². The van der Waals surface area contributed by atoms with Crippen LogP contribution in [0.5, 0.6) is 0 Å². The topological polar surface area (TPSA) is 57.3 Å². The number of anilines is 1. The Morgan fingerprint density at radius 2 is 2.18 bits per heavy atom. The van der Waals surface area contributed by atoms with Crippen molar-refractivity contribution in [1.29, 1.82) is 0 Å². The zero-order chi connectivity index (χ0) is 12.8. The van der Waals surface area contributed by atoms with E-state index in [1.54, 1.807) is 4.90 Å². The minimum Gasteiger partial charge on any atom is -0.325 e. The second kappa shape index (κ2) is 6.56. The summed E-state index contributed by atoms with van der Waals surface area (Å²) in [5.41, 5.74) is 0.951. The van der Waals surface area contributed by atoms with Crippen molar-refractivity contribution in [2.75, 3.05) is 25.5 Å². The van der Waals surface area contributed by atoms with Crippen LogP contribution in [0, 0.1) is 0 Å². The van der Waals surface area contributed by atoms with Gasteiger partial charge in [0.25, 0.3) is 0 Å². The van der Waals surface area contributed by atoms with E-state index >= 15 is 0 Å². The number of nitrogens with zero attached hydrogens (tertiary/aromatic N) is 2. The summed E-state index contributed by atoms with van der Waals surface area (Å²) in [6, 6.07) is 0.110. The molecule has 0 saturated heterocycles. The standard InChI is InChI=1S/C11H20N4OS/c1-5-15(6-2)11(16)14-10-13-9(7-17-10)8(3)12-4/h7-8,12H,5-6H2,1-4H3,(H,13,14,16). The molecule has 2 amide bonds. The average Bonchev–Trinajstić information content (AvgIpc) is 2.78. The zero-order valence-electron chi connectivity index (χ0n) is 10.8. The molecule has 0 aromatic carbocycles. The molecule has 0 radical (unpaired) electrons. The van der Waals surface area contributed by atoms with Gasteiger partial charge in [0, 0.05) is 24.5 Å². The van der Waals surface area contributed by atoms with Gasteiger partial charge in [-0.2, -0.15) is 0 Å². The van der Waals surface area contributed by atoms with Gasteiger partial charge in [0.15, 0.2) is 5.13 Å². The first-order valence-electron chi connectivity index (χ1n) is 5.80. The van der Waals surface area contributed by atoms with Crippen LogP contribution in [0.4, 0.5) is 9.93 Å². The van der Waals surface area contributed by atoms with E-state index in [-0.39, 0.29) is 12.1 Å². The Labute approximate surface area is 106 Å². The molecule has 0 aliphatic heterocycles. The molecule has 96 valence electrons. The third-order valence-electron chi connectivity index (χ3n) is 2.66. The molecule has 2 N–H and O–H groups in total. The fourth-order valence-corrected chi connectivity index (χ4v) is 2.17. The van der Waals surface area contributed by atoms with Crippen molar-refractivity contribution in [3.8, 4) is 0 Å². The molecule has 1 heterocycles. The molecule has 0 aliphatic rings. The van der Waals surface area contributed by atoms with E-state index in [2.05, 4.69) is 15.6 Å². The highest BCUT2D eigenvalue weighted by Crippen LogP contribution is 2.20. The molecular formula is C11H20N4OS. The first kappa shape index (κ1) is 13.9. The SMILES string of the molecule is CCN(CC)C(=O)Nc1nc(C(C)NC)cs1. The first-order chi connectivity index (χ1) is 8.12. The van der Waals surface area contributed by atoms with E-state index in [0.29, 0.717) is 18.2 Å². The molecule has 0 bridgehead atoms. The summed E-state index contributed by atoms with van der Waals surface area (Å²) in [4.78, 5) is 17.9. The molecule has 1 atom stereocenters. The van der Waals surface area contributed by atoms with Gasteiger partial charge in [0.2, 0.25) is 0 Å². The van der Waals surface area contributed by atoms with Crippen molar-refractivity contribution in [3.05, 3.63) is 11.1 Å². The van der Waals surface area contributed by atoms with E-state index in [0.717, 1.165) is 5.69 Å². The lowest BCUT2D eigenvalue weighted by Gasteiger charge is -2.17. The number of urea groups is 1. The molecule has 6 heteroatoms. The number of rotatable bonds is 5. The lowest BCUT2D eigenvalue weighted by atomic mass is 10.3. The summed E-state index contributed by atoms with van der Waals surface area (Å²) in [6.07, 6.45) is 0. The Balaban J connectivity index is 2.63. The smallest absolute Gasteiger partial charge is 0.323 e. The summed E-state index contributed by atoms with van der Waals surface area (Å²) >= 11 is 1.45. The van der Waals surface area contributed by atoms with Crippen molar-refractivity contribution in [2.24, 2.45) is 0 Å². The number of carbonyl (C=O) groups is 1. The maximum absolute atomic E-state index is 11.8. The van der Waals surface area contributed by atoms with Crippen molar-refractivity contribution >= 4 is 22.5 Å². The van der Waals surface area contributed by atoms with Gasteiger partial charge in [0.05, 0.1) is 5.69 Å². The van der Waals surface area contributed by atoms with E-state index in [1.165, 1.54) is 11.3 Å². The van der Waals surface area contributed by atoms with Crippen LogP contribution in [0.3, 0.4) is 0 Å². The highest BCUT2D eigenvalue weighted by Gasteiger charge is 2.13. The number of thiazole rings is 1. The normalized spacial score (nSPS) is 12.2. The van der Waals surface area contributed by atoms with Crippen LogP contribution in [0.2, 0.25) is 0 Å². The predicted molar refractivity (Wildman–Crippen MR) is 71.5 cm³/mol. The molecule has 0 spiro atoms. The third kappa shape index (κ3) is 3.67. The Bertz CT molecular complexity index is 362. The summed E-state index contributed by atoms with van der Waals surface area (Å²) in [7, 11) is 1.89. The van der Waals surface area contributed by atoms with E-state index < -0.39 is 0 Å². The molecule has 0 saturated carbocycles. The summed E-state index contributed by atoms with van der Waals surface area (Å²) < 4.78 is 0. The monoisotopic (exact) mass is 256 g/mol. The fourth-order valence-electron chi connectivity index (χ4n) is 1.37. The number of amides is 2. The van der Waals surface area contributed by atoms with Crippen molar-refractivity contribution < 1.29 is 4.79 Å². The predicted octanol–water partition coefficient (Wildman–Crippen LogP) is 2.30. The minimum absolute atomic E-state index is 0.0898. The molecular weight excluding hydrogens is 236 g/mol. The van der Waals surface area contributed by atoms with Crippen LogP contribution in [0.1, 0.15) is 32.5 Å². The molecule has 17 heavy (non-hydrogen) atoms. The van der Waals surface area contributed by atoms with Gasteiger partial charge < -0.3 is 10.2 Å². The van der Waals surface area contributed by atoms with Gasteiger partial charge in [-0.1, -0.05) is 0 Å². The Morgan fingerprint density at radius 3 is 2.71 bits per heavy atom. The molecule has 1 aromatic rings.